The number of ether oxygens (including phenoxy) is 1. The Morgan fingerprint density at radius 3 is 2.32 bits per heavy atom. The second kappa shape index (κ2) is 10.3. The van der Waals surface area contributed by atoms with Crippen molar-refractivity contribution in [3.8, 4) is 0 Å². The maximum atomic E-state index is 13.3. The third kappa shape index (κ3) is 6.14. The van der Waals surface area contributed by atoms with Crippen LogP contribution in [-0.2, 0) is 9.53 Å². The summed E-state index contributed by atoms with van der Waals surface area (Å²) in [6.45, 7) is 2.87. The Balaban J connectivity index is 1.55. The number of hydrogen-bond donors (Lipinski definition) is 1. The van der Waals surface area contributed by atoms with Crippen molar-refractivity contribution in [1.29, 1.82) is 0 Å². The fourth-order valence-corrected chi connectivity index (χ4v) is 3.69. The molecule has 0 aliphatic carbocycles. The van der Waals surface area contributed by atoms with Crippen LogP contribution in [0.3, 0.4) is 0 Å². The number of likely N-dealkylation sites (tertiary alicyclic amines) is 1. The average molecular weight is 385 g/mol. The molecule has 0 amide bonds. The van der Waals surface area contributed by atoms with Gasteiger partial charge in [0.1, 0.15) is 11.9 Å². The summed E-state index contributed by atoms with van der Waals surface area (Å²) in [6.07, 6.45) is 3.74. The highest BCUT2D eigenvalue weighted by molar-refractivity contribution is 5.66. The van der Waals surface area contributed by atoms with Crippen molar-refractivity contribution < 1.29 is 19.0 Å². The minimum Gasteiger partial charge on any atom is -0.481 e. The molecule has 0 radical (unpaired) electrons. The molecule has 1 atom stereocenters. The van der Waals surface area contributed by atoms with Gasteiger partial charge in [-0.3, -0.25) is 4.79 Å². The van der Waals surface area contributed by atoms with Crippen molar-refractivity contribution in [3.63, 3.8) is 0 Å². The lowest BCUT2D eigenvalue weighted by molar-refractivity contribution is -0.137. The zero-order valence-electron chi connectivity index (χ0n) is 16.1. The SMILES string of the molecule is O=C(O)CCCCN1CCC(OC(c2ccccc2)c2ccc(F)cc2)CC1. The summed E-state index contributed by atoms with van der Waals surface area (Å²) in [5, 5.41) is 8.72. The normalized spacial score (nSPS) is 16.8. The molecule has 0 aromatic heterocycles. The van der Waals surface area contributed by atoms with Gasteiger partial charge in [0, 0.05) is 19.5 Å². The van der Waals surface area contributed by atoms with Crippen LogP contribution in [0.15, 0.2) is 54.6 Å². The molecule has 2 aromatic rings. The van der Waals surface area contributed by atoms with Gasteiger partial charge in [-0.2, -0.15) is 0 Å². The molecular weight excluding hydrogens is 357 g/mol. The van der Waals surface area contributed by atoms with Crippen LogP contribution in [0.1, 0.15) is 49.3 Å². The minimum atomic E-state index is -0.722. The van der Waals surface area contributed by atoms with Crippen LogP contribution in [0.4, 0.5) is 4.39 Å². The molecule has 150 valence electrons. The molecule has 1 saturated heterocycles. The molecule has 1 aliphatic heterocycles. The summed E-state index contributed by atoms with van der Waals surface area (Å²) < 4.78 is 19.8. The van der Waals surface area contributed by atoms with Crippen molar-refractivity contribution >= 4 is 5.97 Å². The summed E-state index contributed by atoms with van der Waals surface area (Å²) in [5.41, 5.74) is 2.04. The van der Waals surface area contributed by atoms with Gasteiger partial charge in [0.05, 0.1) is 6.10 Å². The number of nitrogens with zero attached hydrogens (tertiary/aromatic N) is 1. The molecule has 2 aromatic carbocycles. The standard InChI is InChI=1S/C23H28FNO3/c24-20-11-9-19(10-12-20)23(18-6-2-1-3-7-18)28-21-13-16-25(17-14-21)15-5-4-8-22(26)27/h1-3,6-7,9-12,21,23H,4-5,8,13-17H2,(H,26,27). The topological polar surface area (TPSA) is 49.8 Å². The van der Waals surface area contributed by atoms with Crippen LogP contribution in [-0.4, -0.2) is 41.7 Å². The van der Waals surface area contributed by atoms with E-state index in [4.69, 9.17) is 9.84 Å². The van der Waals surface area contributed by atoms with Gasteiger partial charge in [0.2, 0.25) is 0 Å². The fraction of sp³-hybridized carbons (Fsp3) is 0.435. The molecule has 5 heteroatoms. The van der Waals surface area contributed by atoms with Crippen LogP contribution in [0.25, 0.3) is 0 Å². The van der Waals surface area contributed by atoms with Crippen LogP contribution in [0.2, 0.25) is 0 Å². The van der Waals surface area contributed by atoms with Gasteiger partial charge < -0.3 is 14.7 Å². The van der Waals surface area contributed by atoms with E-state index >= 15 is 0 Å². The molecular formula is C23H28FNO3. The van der Waals surface area contributed by atoms with Crippen molar-refractivity contribution in [1.82, 2.24) is 4.90 Å². The summed E-state index contributed by atoms with van der Waals surface area (Å²) in [5.74, 6) is -0.966. The summed E-state index contributed by atoms with van der Waals surface area (Å²) >= 11 is 0. The number of carbonyl (C=O) groups is 1. The van der Waals surface area contributed by atoms with Gasteiger partial charge in [0.25, 0.3) is 0 Å². The van der Waals surface area contributed by atoms with E-state index in [1.165, 1.54) is 12.1 Å². The monoisotopic (exact) mass is 385 g/mol. The van der Waals surface area contributed by atoms with Gasteiger partial charge in [-0.25, -0.2) is 4.39 Å². The molecule has 4 nitrogen and oxygen atoms in total. The Morgan fingerprint density at radius 2 is 1.68 bits per heavy atom. The van der Waals surface area contributed by atoms with E-state index in [0.717, 1.165) is 56.4 Å². The molecule has 0 bridgehead atoms. The predicted octanol–water partition coefficient (Wildman–Crippen LogP) is 4.65. The van der Waals surface area contributed by atoms with E-state index in [1.807, 2.05) is 30.3 Å². The third-order valence-corrected chi connectivity index (χ3v) is 5.25. The van der Waals surface area contributed by atoms with E-state index < -0.39 is 5.97 Å². The number of carboxylic acid groups (broad SMARTS) is 1. The molecule has 1 fully saturated rings. The zero-order valence-corrected chi connectivity index (χ0v) is 16.1. The van der Waals surface area contributed by atoms with Crippen LogP contribution >= 0.6 is 0 Å². The molecule has 1 N–H and O–H groups in total. The highest BCUT2D eigenvalue weighted by Gasteiger charge is 2.24. The lowest BCUT2D eigenvalue weighted by Gasteiger charge is -2.34. The Labute approximate surface area is 165 Å². The first-order valence-electron chi connectivity index (χ1n) is 10.0. The van der Waals surface area contributed by atoms with E-state index in [-0.39, 0.29) is 24.4 Å². The Bertz CT molecular complexity index is 727. The zero-order chi connectivity index (χ0) is 19.8. The highest BCUT2D eigenvalue weighted by Crippen LogP contribution is 2.30. The van der Waals surface area contributed by atoms with Crippen molar-refractivity contribution in [2.24, 2.45) is 0 Å². The van der Waals surface area contributed by atoms with Gasteiger partial charge in [-0.1, -0.05) is 42.5 Å². The number of piperidine rings is 1. The maximum absolute atomic E-state index is 13.3. The highest BCUT2D eigenvalue weighted by atomic mass is 19.1. The first-order chi connectivity index (χ1) is 13.6. The number of hydrogen-bond acceptors (Lipinski definition) is 3. The largest absolute Gasteiger partial charge is 0.481 e. The Morgan fingerprint density at radius 1 is 1.04 bits per heavy atom. The van der Waals surface area contributed by atoms with E-state index in [2.05, 4.69) is 4.90 Å². The minimum absolute atomic E-state index is 0.158. The predicted molar refractivity (Wildman–Crippen MR) is 107 cm³/mol. The fourth-order valence-electron chi connectivity index (χ4n) is 3.69. The van der Waals surface area contributed by atoms with Gasteiger partial charge in [-0.05, 0) is 55.5 Å². The molecule has 0 saturated carbocycles. The number of halogens is 1. The summed E-state index contributed by atoms with van der Waals surface area (Å²) in [7, 11) is 0. The molecule has 28 heavy (non-hydrogen) atoms. The average Bonchev–Trinajstić information content (AvgIpc) is 2.72. The number of rotatable bonds is 9. The smallest absolute Gasteiger partial charge is 0.303 e. The lowest BCUT2D eigenvalue weighted by atomic mass is 10.00. The maximum Gasteiger partial charge on any atom is 0.303 e. The van der Waals surface area contributed by atoms with Crippen LogP contribution in [0.5, 0.6) is 0 Å². The van der Waals surface area contributed by atoms with Crippen LogP contribution < -0.4 is 0 Å². The third-order valence-electron chi connectivity index (χ3n) is 5.25. The van der Waals surface area contributed by atoms with Crippen molar-refractivity contribution in [2.75, 3.05) is 19.6 Å². The molecule has 1 heterocycles. The van der Waals surface area contributed by atoms with E-state index in [9.17, 15) is 9.18 Å². The Hall–Kier alpha value is -2.24. The van der Waals surface area contributed by atoms with E-state index in [1.54, 1.807) is 12.1 Å². The summed E-state index contributed by atoms with van der Waals surface area (Å²) in [6, 6.07) is 16.6. The lowest BCUT2D eigenvalue weighted by Crippen LogP contribution is -2.38. The van der Waals surface area contributed by atoms with Gasteiger partial charge in [0.15, 0.2) is 0 Å². The first kappa shape index (κ1) is 20.5. The molecule has 1 unspecified atom stereocenters. The Kier molecular flexibility index (Phi) is 7.57. The second-order valence-corrected chi connectivity index (χ2v) is 7.37. The number of unbranched alkanes of at least 4 members (excludes halogenated alkanes) is 1. The van der Waals surface area contributed by atoms with Crippen LogP contribution in [0, 0.1) is 5.82 Å². The van der Waals surface area contributed by atoms with Crippen molar-refractivity contribution in [3.05, 3.63) is 71.5 Å². The molecule has 3 rings (SSSR count). The van der Waals surface area contributed by atoms with Crippen molar-refractivity contribution in [2.45, 2.75) is 44.3 Å². The summed E-state index contributed by atoms with van der Waals surface area (Å²) in [4.78, 5) is 13.0. The number of aliphatic carboxylic acids is 1. The quantitative estimate of drug-likeness (QED) is 0.639. The number of benzene rings is 2. The number of carboxylic acids is 1. The first-order valence-corrected chi connectivity index (χ1v) is 10.0. The molecule has 1 aliphatic rings. The molecule has 0 spiro atoms. The van der Waals surface area contributed by atoms with Gasteiger partial charge in [-0.15, -0.1) is 0 Å². The second-order valence-electron chi connectivity index (χ2n) is 7.37. The van der Waals surface area contributed by atoms with Gasteiger partial charge >= 0.3 is 5.97 Å². The van der Waals surface area contributed by atoms with E-state index in [0.29, 0.717) is 0 Å².